The molecule has 0 saturated carbocycles. The molecule has 8 N–H and O–H groups in total. The number of aromatic hydroxyl groups is 1. The van der Waals surface area contributed by atoms with E-state index in [2.05, 4.69) is 20.6 Å². The number of nitrogens with one attached hydrogen (secondary N) is 3. The first-order chi connectivity index (χ1) is 14.2. The number of nitrogens with zero attached hydrogens (tertiary/aromatic N) is 1. The molecule has 162 valence electrons. The van der Waals surface area contributed by atoms with E-state index < -0.39 is 42.0 Å². The molecule has 2 aromatic rings. The predicted octanol–water partition coefficient (Wildman–Crippen LogP) is -1.34. The van der Waals surface area contributed by atoms with Crippen molar-refractivity contribution in [3.63, 3.8) is 0 Å². The topological polar surface area (TPSA) is 191 Å². The van der Waals surface area contributed by atoms with Crippen molar-refractivity contribution in [2.45, 2.75) is 44.0 Å². The molecule has 2 amide bonds. The van der Waals surface area contributed by atoms with Crippen molar-refractivity contribution < 1.29 is 29.7 Å². The highest BCUT2D eigenvalue weighted by Crippen LogP contribution is 2.12. The van der Waals surface area contributed by atoms with E-state index in [9.17, 15) is 29.7 Å². The smallest absolute Gasteiger partial charge is 0.326 e. The Balaban J connectivity index is 2.02. The second-order valence-corrected chi connectivity index (χ2v) is 6.88. The number of aromatic nitrogens is 2. The SMILES string of the molecule is C[C@@H](O)[C@H](NC(=O)[C@@H](N)Cc1cnc[nH]1)C(=O)N[C@@H](Cc1ccc(O)cc1)C(=O)O. The number of amides is 2. The largest absolute Gasteiger partial charge is 0.508 e. The molecule has 1 heterocycles. The Morgan fingerprint density at radius 1 is 1.13 bits per heavy atom. The van der Waals surface area contributed by atoms with Gasteiger partial charge in [-0.25, -0.2) is 9.78 Å². The number of carbonyl (C=O) groups excluding carboxylic acids is 2. The van der Waals surface area contributed by atoms with Gasteiger partial charge < -0.3 is 36.7 Å². The number of aromatic amines is 1. The third-order valence-electron chi connectivity index (χ3n) is 4.38. The van der Waals surface area contributed by atoms with Crippen LogP contribution in [0.2, 0.25) is 0 Å². The Bertz CT molecular complexity index is 853. The normalized spacial score (nSPS) is 14.9. The average Bonchev–Trinajstić information content (AvgIpc) is 3.19. The maximum Gasteiger partial charge on any atom is 0.326 e. The van der Waals surface area contributed by atoms with E-state index in [1.807, 2.05) is 0 Å². The zero-order valence-corrected chi connectivity index (χ0v) is 16.3. The van der Waals surface area contributed by atoms with Crippen LogP contribution in [0.25, 0.3) is 0 Å². The van der Waals surface area contributed by atoms with Gasteiger partial charge in [0.25, 0.3) is 0 Å². The number of hydrogen-bond donors (Lipinski definition) is 7. The molecule has 2 rings (SSSR count). The highest BCUT2D eigenvalue weighted by molar-refractivity contribution is 5.92. The van der Waals surface area contributed by atoms with Crippen molar-refractivity contribution in [3.8, 4) is 5.75 Å². The van der Waals surface area contributed by atoms with Gasteiger partial charge in [-0.05, 0) is 24.6 Å². The highest BCUT2D eigenvalue weighted by Gasteiger charge is 2.31. The third-order valence-corrected chi connectivity index (χ3v) is 4.38. The summed E-state index contributed by atoms with van der Waals surface area (Å²) in [5, 5.41) is 33.4. The van der Waals surface area contributed by atoms with Crippen LogP contribution in [-0.4, -0.2) is 67.3 Å². The molecule has 0 saturated heterocycles. The molecule has 0 radical (unpaired) electrons. The number of H-pyrrole nitrogens is 1. The molecule has 30 heavy (non-hydrogen) atoms. The fraction of sp³-hybridized carbons (Fsp3) is 0.368. The number of benzene rings is 1. The first-order valence-electron chi connectivity index (χ1n) is 9.19. The van der Waals surface area contributed by atoms with Gasteiger partial charge in [-0.1, -0.05) is 12.1 Å². The Morgan fingerprint density at radius 2 is 1.80 bits per heavy atom. The Labute approximate surface area is 172 Å². The number of aliphatic carboxylic acids is 1. The number of phenols is 1. The fourth-order valence-corrected chi connectivity index (χ4v) is 2.72. The van der Waals surface area contributed by atoms with Crippen LogP contribution in [0.15, 0.2) is 36.8 Å². The summed E-state index contributed by atoms with van der Waals surface area (Å²) in [5.74, 6) is -2.81. The number of hydrogen-bond acceptors (Lipinski definition) is 7. The second kappa shape index (κ2) is 10.4. The van der Waals surface area contributed by atoms with Gasteiger partial charge in [0, 0.05) is 24.7 Å². The van der Waals surface area contributed by atoms with E-state index in [1.54, 1.807) is 0 Å². The van der Waals surface area contributed by atoms with E-state index in [1.165, 1.54) is 43.7 Å². The standard InChI is InChI=1S/C19H25N5O6/c1-10(25)16(24-17(27)14(20)7-12-8-21-9-22-12)18(28)23-15(19(29)30)6-11-2-4-13(26)5-3-11/h2-5,8-10,14-16,25-26H,6-7,20H2,1H3,(H,21,22)(H,23,28)(H,24,27)(H,29,30)/t10-,14+,15+,16+/m1/s1. The van der Waals surface area contributed by atoms with E-state index >= 15 is 0 Å². The van der Waals surface area contributed by atoms with Crippen LogP contribution in [0.3, 0.4) is 0 Å². The number of phenolic OH excluding ortho intramolecular Hbond substituents is 1. The van der Waals surface area contributed by atoms with Crippen molar-refractivity contribution in [3.05, 3.63) is 48.0 Å². The van der Waals surface area contributed by atoms with E-state index in [0.29, 0.717) is 11.3 Å². The quantitative estimate of drug-likeness (QED) is 0.246. The molecule has 1 aromatic carbocycles. The van der Waals surface area contributed by atoms with Crippen molar-refractivity contribution in [2.75, 3.05) is 0 Å². The number of carboxylic acids is 1. The van der Waals surface area contributed by atoms with Crippen molar-refractivity contribution in [1.82, 2.24) is 20.6 Å². The number of carboxylic acid groups (broad SMARTS) is 1. The molecule has 0 spiro atoms. The molecule has 0 aliphatic heterocycles. The van der Waals surface area contributed by atoms with Crippen molar-refractivity contribution in [1.29, 1.82) is 0 Å². The monoisotopic (exact) mass is 419 g/mol. The molecule has 0 unspecified atom stereocenters. The summed E-state index contributed by atoms with van der Waals surface area (Å²) in [7, 11) is 0. The van der Waals surface area contributed by atoms with E-state index in [-0.39, 0.29) is 18.6 Å². The summed E-state index contributed by atoms with van der Waals surface area (Å²) < 4.78 is 0. The maximum absolute atomic E-state index is 12.6. The molecule has 0 bridgehead atoms. The van der Waals surface area contributed by atoms with Crippen LogP contribution in [0, 0.1) is 0 Å². The van der Waals surface area contributed by atoms with Gasteiger partial charge >= 0.3 is 5.97 Å². The number of carbonyl (C=O) groups is 3. The van der Waals surface area contributed by atoms with Gasteiger partial charge in [0.2, 0.25) is 11.8 Å². The number of nitrogens with two attached hydrogens (primary N) is 1. The van der Waals surface area contributed by atoms with Gasteiger partial charge in [-0.2, -0.15) is 0 Å². The lowest BCUT2D eigenvalue weighted by Crippen LogP contribution is -2.58. The average molecular weight is 419 g/mol. The minimum atomic E-state index is -1.40. The van der Waals surface area contributed by atoms with Gasteiger partial charge in [0.1, 0.15) is 17.8 Å². The molecule has 1 aromatic heterocycles. The zero-order chi connectivity index (χ0) is 22.3. The zero-order valence-electron chi connectivity index (χ0n) is 16.3. The van der Waals surface area contributed by atoms with E-state index in [4.69, 9.17) is 5.73 Å². The Morgan fingerprint density at radius 3 is 2.33 bits per heavy atom. The second-order valence-electron chi connectivity index (χ2n) is 6.88. The van der Waals surface area contributed by atoms with Gasteiger partial charge in [-0.15, -0.1) is 0 Å². The van der Waals surface area contributed by atoms with Crippen LogP contribution in [0.4, 0.5) is 0 Å². The van der Waals surface area contributed by atoms with Crippen LogP contribution in [0.5, 0.6) is 5.75 Å². The van der Waals surface area contributed by atoms with Crippen molar-refractivity contribution in [2.24, 2.45) is 5.73 Å². The first-order valence-corrected chi connectivity index (χ1v) is 9.19. The summed E-state index contributed by atoms with van der Waals surface area (Å²) in [5.41, 5.74) is 7.02. The highest BCUT2D eigenvalue weighted by atomic mass is 16.4. The molecular weight excluding hydrogens is 394 g/mol. The van der Waals surface area contributed by atoms with E-state index in [0.717, 1.165) is 0 Å². The van der Waals surface area contributed by atoms with Crippen LogP contribution in [-0.2, 0) is 27.2 Å². The lowest BCUT2D eigenvalue weighted by Gasteiger charge is -2.24. The third kappa shape index (κ3) is 6.57. The van der Waals surface area contributed by atoms with Gasteiger partial charge in [0.05, 0.1) is 18.5 Å². The van der Waals surface area contributed by atoms with Crippen LogP contribution >= 0.6 is 0 Å². The van der Waals surface area contributed by atoms with Gasteiger partial charge in [-0.3, -0.25) is 9.59 Å². The Hall–Kier alpha value is -3.44. The molecule has 0 aliphatic rings. The Kier molecular flexibility index (Phi) is 7.90. The number of rotatable bonds is 10. The number of imidazole rings is 1. The summed E-state index contributed by atoms with van der Waals surface area (Å²) >= 11 is 0. The van der Waals surface area contributed by atoms with Gasteiger partial charge in [0.15, 0.2) is 0 Å². The number of aliphatic hydroxyl groups excluding tert-OH is 1. The first kappa shape index (κ1) is 22.8. The van der Waals surface area contributed by atoms with Crippen LogP contribution in [0.1, 0.15) is 18.2 Å². The molecule has 0 fully saturated rings. The number of aliphatic hydroxyl groups is 1. The summed E-state index contributed by atoms with van der Waals surface area (Å²) in [6, 6.07) is 2.14. The minimum Gasteiger partial charge on any atom is -0.508 e. The minimum absolute atomic E-state index is 0.0259. The molecule has 11 nitrogen and oxygen atoms in total. The van der Waals surface area contributed by atoms with Crippen LogP contribution < -0.4 is 16.4 Å². The molecular formula is C19H25N5O6. The van der Waals surface area contributed by atoms with Crippen molar-refractivity contribution >= 4 is 17.8 Å². The lowest BCUT2D eigenvalue weighted by atomic mass is 10.0. The summed E-state index contributed by atoms with van der Waals surface area (Å²) in [6.07, 6.45) is 1.73. The molecule has 11 heteroatoms. The summed E-state index contributed by atoms with van der Waals surface area (Å²) in [4.78, 5) is 43.1. The molecule has 0 aliphatic carbocycles. The lowest BCUT2D eigenvalue weighted by molar-refractivity contribution is -0.142. The summed E-state index contributed by atoms with van der Waals surface area (Å²) in [6.45, 7) is 1.29. The fourth-order valence-electron chi connectivity index (χ4n) is 2.72. The molecule has 4 atom stereocenters. The predicted molar refractivity (Wildman–Crippen MR) is 105 cm³/mol. The maximum atomic E-state index is 12.6.